The van der Waals surface area contributed by atoms with Crippen molar-refractivity contribution in [1.82, 2.24) is 15.1 Å². The predicted octanol–water partition coefficient (Wildman–Crippen LogP) is 3.46. The van der Waals surface area contributed by atoms with Gasteiger partial charge in [-0.05, 0) is 12.1 Å². The van der Waals surface area contributed by atoms with Gasteiger partial charge in [-0.1, -0.05) is 17.3 Å². The van der Waals surface area contributed by atoms with E-state index in [0.29, 0.717) is 10.8 Å². The lowest BCUT2D eigenvalue weighted by atomic mass is 10.1. The maximum Gasteiger partial charge on any atom is 0.416 e. The zero-order valence-corrected chi connectivity index (χ0v) is 11.1. The quantitative estimate of drug-likeness (QED) is 0.784. The van der Waals surface area contributed by atoms with Gasteiger partial charge in [-0.3, -0.25) is 0 Å². The Labute approximate surface area is 120 Å². The molecule has 0 saturated heterocycles. The number of halogens is 3. The molecule has 0 aliphatic heterocycles. The lowest BCUT2D eigenvalue weighted by Gasteiger charge is -2.06. The summed E-state index contributed by atoms with van der Waals surface area (Å²) >= 11 is 1.20. The average molecular weight is 312 g/mol. The first kappa shape index (κ1) is 13.6. The Balaban J connectivity index is 1.97. The van der Waals surface area contributed by atoms with Gasteiger partial charge in [0.25, 0.3) is 5.89 Å². The molecule has 0 saturated carbocycles. The third kappa shape index (κ3) is 2.72. The second-order valence-corrected chi connectivity index (χ2v) is 4.96. The zero-order valence-electron chi connectivity index (χ0n) is 10.3. The van der Waals surface area contributed by atoms with Crippen molar-refractivity contribution in [3.8, 4) is 23.0 Å². The normalized spacial score (nSPS) is 11.8. The van der Waals surface area contributed by atoms with Crippen molar-refractivity contribution in [2.75, 3.05) is 5.73 Å². The standard InChI is InChI=1S/C12H7F3N4OS/c13-12(14,15)7-3-1-2-6(4-7)9-18-10(20-19-9)8-5-21-11(16)17-8/h1-5H,(H2,16,17). The molecule has 21 heavy (non-hydrogen) atoms. The molecule has 2 aromatic heterocycles. The highest BCUT2D eigenvalue weighted by atomic mass is 32.1. The predicted molar refractivity (Wildman–Crippen MR) is 70.3 cm³/mol. The monoisotopic (exact) mass is 312 g/mol. The Bertz CT molecular complexity index is 781. The van der Waals surface area contributed by atoms with E-state index in [4.69, 9.17) is 10.3 Å². The van der Waals surface area contributed by atoms with Crippen molar-refractivity contribution in [1.29, 1.82) is 0 Å². The van der Waals surface area contributed by atoms with Crippen LogP contribution < -0.4 is 5.73 Å². The molecule has 2 N–H and O–H groups in total. The summed E-state index contributed by atoms with van der Waals surface area (Å²) in [5.41, 5.74) is 5.32. The Kier molecular flexibility index (Phi) is 3.13. The smallest absolute Gasteiger partial charge is 0.375 e. The van der Waals surface area contributed by atoms with Crippen LogP contribution in [0.4, 0.5) is 18.3 Å². The number of nitrogens with zero attached hydrogens (tertiary/aromatic N) is 3. The van der Waals surface area contributed by atoms with Crippen LogP contribution in [0, 0.1) is 0 Å². The number of nitrogen functional groups attached to an aromatic ring is 1. The number of alkyl halides is 3. The molecule has 0 aliphatic carbocycles. The minimum atomic E-state index is -4.42. The van der Waals surface area contributed by atoms with Gasteiger partial charge in [0.1, 0.15) is 5.69 Å². The number of hydrogen-bond donors (Lipinski definition) is 1. The van der Waals surface area contributed by atoms with Crippen molar-refractivity contribution in [2.24, 2.45) is 0 Å². The molecule has 2 heterocycles. The van der Waals surface area contributed by atoms with Crippen LogP contribution in [0.25, 0.3) is 23.0 Å². The van der Waals surface area contributed by atoms with Gasteiger partial charge in [0, 0.05) is 10.9 Å². The van der Waals surface area contributed by atoms with Gasteiger partial charge in [-0.15, -0.1) is 11.3 Å². The third-order valence-corrected chi connectivity index (χ3v) is 3.29. The molecule has 0 unspecified atom stereocenters. The van der Waals surface area contributed by atoms with Crippen LogP contribution in [-0.4, -0.2) is 15.1 Å². The van der Waals surface area contributed by atoms with E-state index in [-0.39, 0.29) is 17.3 Å². The topological polar surface area (TPSA) is 77.8 Å². The second-order valence-electron chi connectivity index (χ2n) is 4.07. The Morgan fingerprint density at radius 3 is 2.67 bits per heavy atom. The van der Waals surface area contributed by atoms with E-state index < -0.39 is 11.7 Å². The number of nitrogens with two attached hydrogens (primary N) is 1. The van der Waals surface area contributed by atoms with E-state index in [1.807, 2.05) is 0 Å². The van der Waals surface area contributed by atoms with Gasteiger partial charge >= 0.3 is 6.18 Å². The minimum absolute atomic E-state index is 0.0580. The van der Waals surface area contributed by atoms with Crippen molar-refractivity contribution >= 4 is 16.5 Å². The number of hydrogen-bond acceptors (Lipinski definition) is 6. The van der Waals surface area contributed by atoms with Crippen molar-refractivity contribution in [2.45, 2.75) is 6.18 Å². The van der Waals surface area contributed by atoms with Crippen molar-refractivity contribution in [3.05, 3.63) is 35.2 Å². The van der Waals surface area contributed by atoms with Gasteiger partial charge in [0.15, 0.2) is 5.13 Å². The highest BCUT2D eigenvalue weighted by molar-refractivity contribution is 7.13. The number of anilines is 1. The first-order chi connectivity index (χ1) is 9.93. The number of thiazole rings is 1. The lowest BCUT2D eigenvalue weighted by molar-refractivity contribution is -0.137. The molecule has 3 aromatic rings. The highest BCUT2D eigenvalue weighted by Crippen LogP contribution is 2.32. The minimum Gasteiger partial charge on any atom is -0.375 e. The van der Waals surface area contributed by atoms with E-state index in [9.17, 15) is 13.2 Å². The van der Waals surface area contributed by atoms with Crippen LogP contribution in [0.3, 0.4) is 0 Å². The largest absolute Gasteiger partial charge is 0.416 e. The van der Waals surface area contributed by atoms with Crippen LogP contribution in [0.2, 0.25) is 0 Å². The Morgan fingerprint density at radius 1 is 1.19 bits per heavy atom. The summed E-state index contributed by atoms with van der Waals surface area (Å²) in [4.78, 5) is 8.00. The first-order valence-electron chi connectivity index (χ1n) is 5.66. The van der Waals surface area contributed by atoms with Gasteiger partial charge in [-0.25, -0.2) is 4.98 Å². The SMILES string of the molecule is Nc1nc(-c2nc(-c3cccc(C(F)(F)F)c3)no2)cs1. The van der Waals surface area contributed by atoms with Crippen molar-refractivity contribution in [3.63, 3.8) is 0 Å². The second kappa shape index (κ2) is 4.85. The van der Waals surface area contributed by atoms with E-state index in [1.165, 1.54) is 23.5 Å². The zero-order chi connectivity index (χ0) is 15.0. The summed E-state index contributed by atoms with van der Waals surface area (Å²) < 4.78 is 43.0. The average Bonchev–Trinajstić information content (AvgIpc) is 3.06. The lowest BCUT2D eigenvalue weighted by Crippen LogP contribution is -2.04. The van der Waals surface area contributed by atoms with Crippen LogP contribution >= 0.6 is 11.3 Å². The number of rotatable bonds is 2. The molecule has 1 aromatic carbocycles. The fourth-order valence-electron chi connectivity index (χ4n) is 1.67. The summed E-state index contributed by atoms with van der Waals surface area (Å²) in [6, 6.07) is 4.70. The molecular formula is C12H7F3N4OS. The summed E-state index contributed by atoms with van der Waals surface area (Å²) in [7, 11) is 0. The molecule has 0 atom stereocenters. The maximum absolute atomic E-state index is 12.7. The van der Waals surface area contributed by atoms with E-state index in [1.54, 1.807) is 5.38 Å². The highest BCUT2D eigenvalue weighted by Gasteiger charge is 2.30. The fraction of sp³-hybridized carbons (Fsp3) is 0.0833. The van der Waals surface area contributed by atoms with Crippen LogP contribution in [0.1, 0.15) is 5.56 Å². The Morgan fingerprint density at radius 2 is 2.00 bits per heavy atom. The molecule has 0 bridgehead atoms. The first-order valence-corrected chi connectivity index (χ1v) is 6.54. The fourth-order valence-corrected chi connectivity index (χ4v) is 2.20. The molecule has 108 valence electrons. The summed E-state index contributed by atoms with van der Waals surface area (Å²) in [5, 5.41) is 5.63. The summed E-state index contributed by atoms with van der Waals surface area (Å²) in [6.45, 7) is 0. The van der Waals surface area contributed by atoms with E-state index in [2.05, 4.69) is 15.1 Å². The molecule has 0 fully saturated rings. The van der Waals surface area contributed by atoms with Crippen LogP contribution in [0.5, 0.6) is 0 Å². The molecule has 0 radical (unpaired) electrons. The van der Waals surface area contributed by atoms with E-state index in [0.717, 1.165) is 12.1 Å². The molecule has 0 amide bonds. The Hall–Kier alpha value is -2.42. The van der Waals surface area contributed by atoms with Crippen LogP contribution in [-0.2, 0) is 6.18 Å². The third-order valence-electron chi connectivity index (χ3n) is 2.62. The number of aromatic nitrogens is 3. The molecular weight excluding hydrogens is 305 g/mol. The van der Waals surface area contributed by atoms with Gasteiger partial charge in [-0.2, -0.15) is 18.2 Å². The molecule has 0 spiro atoms. The van der Waals surface area contributed by atoms with Crippen LogP contribution in [0.15, 0.2) is 34.2 Å². The van der Waals surface area contributed by atoms with Gasteiger partial charge in [0.05, 0.1) is 5.56 Å². The van der Waals surface area contributed by atoms with Gasteiger partial charge < -0.3 is 10.3 Å². The van der Waals surface area contributed by atoms with Crippen molar-refractivity contribution < 1.29 is 17.7 Å². The summed E-state index contributed by atoms with van der Waals surface area (Å²) in [6.07, 6.45) is -4.42. The van der Waals surface area contributed by atoms with E-state index >= 15 is 0 Å². The number of benzene rings is 1. The molecule has 3 rings (SSSR count). The summed E-state index contributed by atoms with van der Waals surface area (Å²) in [5.74, 6) is 0.165. The molecule has 5 nitrogen and oxygen atoms in total. The maximum atomic E-state index is 12.7. The molecule has 0 aliphatic rings. The van der Waals surface area contributed by atoms with Gasteiger partial charge in [0.2, 0.25) is 5.82 Å². The molecule has 9 heteroatoms.